The maximum atomic E-state index is 12.0. The maximum Gasteiger partial charge on any atom is 0.243 e. The average Bonchev–Trinajstić information content (AvgIpc) is 2.91. The maximum absolute atomic E-state index is 12.0. The lowest BCUT2D eigenvalue weighted by atomic mass is 10.2. The van der Waals surface area contributed by atoms with E-state index in [-0.39, 0.29) is 11.9 Å². The number of amides is 1. The van der Waals surface area contributed by atoms with Gasteiger partial charge in [0.15, 0.2) is 0 Å². The number of rotatable bonds is 5. The van der Waals surface area contributed by atoms with Gasteiger partial charge >= 0.3 is 0 Å². The lowest BCUT2D eigenvalue weighted by Gasteiger charge is -2.22. The lowest BCUT2D eigenvalue weighted by Crippen LogP contribution is -2.39. The highest BCUT2D eigenvalue weighted by Gasteiger charge is 2.19. The molecule has 0 unspecified atom stereocenters. The minimum absolute atomic E-state index is 0.102. The van der Waals surface area contributed by atoms with Crippen molar-refractivity contribution in [1.82, 2.24) is 20.1 Å². The van der Waals surface area contributed by atoms with E-state index in [1.54, 1.807) is 11.7 Å². The summed E-state index contributed by atoms with van der Waals surface area (Å²) in [5, 5.41) is 10.7. The summed E-state index contributed by atoms with van der Waals surface area (Å²) >= 11 is 1.30. The molecule has 19 heavy (non-hydrogen) atoms. The predicted molar refractivity (Wildman–Crippen MR) is 73.7 cm³/mol. The zero-order valence-electron chi connectivity index (χ0n) is 10.8. The van der Waals surface area contributed by atoms with Gasteiger partial charge in [-0.2, -0.15) is 0 Å². The fourth-order valence-electron chi connectivity index (χ4n) is 1.52. The first-order valence-electron chi connectivity index (χ1n) is 5.84. The highest BCUT2D eigenvalue weighted by molar-refractivity contribution is 7.13. The molecule has 7 heteroatoms. The van der Waals surface area contributed by atoms with E-state index in [4.69, 9.17) is 0 Å². The van der Waals surface area contributed by atoms with Crippen molar-refractivity contribution in [3.63, 3.8) is 0 Å². The molecule has 0 saturated carbocycles. The Morgan fingerprint density at radius 3 is 3.00 bits per heavy atom. The molecule has 1 amide bonds. The number of aromatic nitrogens is 3. The predicted octanol–water partition coefficient (Wildman–Crippen LogP) is 1.39. The summed E-state index contributed by atoms with van der Waals surface area (Å²) in [4.78, 5) is 18.2. The fraction of sp³-hybridized carbons (Fsp3) is 0.333. The molecule has 0 bridgehead atoms. The van der Waals surface area contributed by atoms with Crippen LogP contribution in [0.3, 0.4) is 0 Å². The van der Waals surface area contributed by atoms with Gasteiger partial charge in [0.25, 0.3) is 0 Å². The zero-order valence-corrected chi connectivity index (χ0v) is 11.6. The van der Waals surface area contributed by atoms with Gasteiger partial charge in [0.2, 0.25) is 11.0 Å². The average molecular weight is 277 g/mol. The first-order chi connectivity index (χ1) is 9.16. The van der Waals surface area contributed by atoms with Crippen molar-refractivity contribution in [3.8, 4) is 0 Å². The van der Waals surface area contributed by atoms with Crippen LogP contribution in [0.4, 0.5) is 5.13 Å². The molecule has 0 fully saturated rings. The number of hydrogen-bond acceptors (Lipinski definition) is 6. The largest absolute Gasteiger partial charge is 0.299 e. The van der Waals surface area contributed by atoms with E-state index in [0.717, 1.165) is 5.69 Å². The van der Waals surface area contributed by atoms with Gasteiger partial charge in [0, 0.05) is 12.7 Å². The lowest BCUT2D eigenvalue weighted by molar-refractivity contribution is -0.120. The summed E-state index contributed by atoms with van der Waals surface area (Å²) in [6.45, 7) is 2.46. The second-order valence-electron chi connectivity index (χ2n) is 4.15. The van der Waals surface area contributed by atoms with Crippen LogP contribution in [-0.2, 0) is 11.3 Å². The number of hydrogen-bond donors (Lipinski definition) is 1. The molecular weight excluding hydrogens is 262 g/mol. The Morgan fingerprint density at radius 2 is 2.37 bits per heavy atom. The molecule has 0 spiro atoms. The Labute approximate surface area is 115 Å². The highest BCUT2D eigenvalue weighted by atomic mass is 32.1. The molecule has 6 nitrogen and oxygen atoms in total. The van der Waals surface area contributed by atoms with E-state index in [1.807, 2.05) is 37.1 Å². The minimum Gasteiger partial charge on any atom is -0.299 e. The molecule has 2 aromatic rings. The second-order valence-corrected chi connectivity index (χ2v) is 4.98. The molecule has 0 saturated heterocycles. The van der Waals surface area contributed by atoms with Crippen LogP contribution < -0.4 is 5.32 Å². The van der Waals surface area contributed by atoms with Gasteiger partial charge < -0.3 is 0 Å². The van der Waals surface area contributed by atoms with Crippen LogP contribution in [-0.4, -0.2) is 39.1 Å². The molecule has 2 rings (SSSR count). The van der Waals surface area contributed by atoms with Crippen molar-refractivity contribution in [2.45, 2.75) is 19.5 Å². The molecule has 1 atom stereocenters. The zero-order chi connectivity index (χ0) is 13.7. The molecule has 0 aliphatic carbocycles. The first kappa shape index (κ1) is 13.6. The minimum atomic E-state index is -0.272. The summed E-state index contributed by atoms with van der Waals surface area (Å²) in [6.07, 6.45) is 1.75. The second kappa shape index (κ2) is 6.35. The van der Waals surface area contributed by atoms with E-state index < -0.39 is 0 Å². The van der Waals surface area contributed by atoms with Crippen molar-refractivity contribution >= 4 is 22.4 Å². The van der Waals surface area contributed by atoms with Crippen LogP contribution in [0, 0.1) is 0 Å². The molecule has 1 N–H and O–H groups in total. The highest BCUT2D eigenvalue weighted by Crippen LogP contribution is 2.10. The number of carbonyl (C=O) groups is 1. The number of carbonyl (C=O) groups excluding carboxylic acids is 1. The fourth-order valence-corrected chi connectivity index (χ4v) is 1.97. The van der Waals surface area contributed by atoms with Crippen LogP contribution in [0.25, 0.3) is 0 Å². The third kappa shape index (κ3) is 3.80. The van der Waals surface area contributed by atoms with Gasteiger partial charge in [-0.25, -0.2) is 0 Å². The van der Waals surface area contributed by atoms with E-state index in [0.29, 0.717) is 11.7 Å². The molecule has 0 radical (unpaired) electrons. The van der Waals surface area contributed by atoms with Crippen LogP contribution >= 0.6 is 11.3 Å². The smallest absolute Gasteiger partial charge is 0.243 e. The van der Waals surface area contributed by atoms with Gasteiger partial charge in [-0.05, 0) is 26.1 Å². The van der Waals surface area contributed by atoms with Crippen molar-refractivity contribution < 1.29 is 4.79 Å². The number of nitrogens with one attached hydrogen (secondary N) is 1. The standard InChI is InChI=1S/C12H15N5OS/c1-9(11(18)15-12-16-14-8-19-12)17(2)7-10-5-3-4-6-13-10/h3-6,8-9H,7H2,1-2H3,(H,15,16,18)/t9-/m0/s1. The van der Waals surface area contributed by atoms with Crippen LogP contribution in [0.1, 0.15) is 12.6 Å². The van der Waals surface area contributed by atoms with Gasteiger partial charge in [-0.15, -0.1) is 10.2 Å². The summed E-state index contributed by atoms with van der Waals surface area (Å²) in [5.74, 6) is -0.102. The number of anilines is 1. The van der Waals surface area contributed by atoms with Crippen LogP contribution in [0.2, 0.25) is 0 Å². The number of pyridine rings is 1. The third-order valence-corrected chi connectivity index (χ3v) is 3.37. The van der Waals surface area contributed by atoms with E-state index in [9.17, 15) is 4.79 Å². The Balaban J connectivity index is 1.91. The molecule has 0 aromatic carbocycles. The monoisotopic (exact) mass is 277 g/mol. The SMILES string of the molecule is C[C@@H](C(=O)Nc1nncs1)N(C)Cc1ccccn1. The molecule has 2 aromatic heterocycles. The molecule has 0 aliphatic heterocycles. The topological polar surface area (TPSA) is 71.0 Å². The van der Waals surface area contributed by atoms with Gasteiger partial charge in [0.1, 0.15) is 5.51 Å². The number of likely N-dealkylation sites (N-methyl/N-ethyl adjacent to an activating group) is 1. The van der Waals surface area contributed by atoms with Gasteiger partial charge in [0.05, 0.1) is 11.7 Å². The first-order valence-corrected chi connectivity index (χ1v) is 6.72. The van der Waals surface area contributed by atoms with Crippen molar-refractivity contribution in [2.24, 2.45) is 0 Å². The molecular formula is C12H15N5OS. The van der Waals surface area contributed by atoms with Crippen LogP contribution in [0.15, 0.2) is 29.9 Å². The normalized spacial score (nSPS) is 12.4. The van der Waals surface area contributed by atoms with E-state index >= 15 is 0 Å². The van der Waals surface area contributed by atoms with E-state index in [2.05, 4.69) is 20.5 Å². The van der Waals surface area contributed by atoms with E-state index in [1.165, 1.54) is 11.3 Å². The summed E-state index contributed by atoms with van der Waals surface area (Å²) in [7, 11) is 1.89. The Bertz CT molecular complexity index is 516. The van der Waals surface area contributed by atoms with Crippen molar-refractivity contribution in [3.05, 3.63) is 35.6 Å². The summed E-state index contributed by atoms with van der Waals surface area (Å²) < 4.78 is 0. The molecule has 100 valence electrons. The number of nitrogens with zero attached hydrogens (tertiary/aromatic N) is 4. The van der Waals surface area contributed by atoms with Gasteiger partial charge in [-0.3, -0.25) is 20.0 Å². The van der Waals surface area contributed by atoms with Crippen molar-refractivity contribution in [1.29, 1.82) is 0 Å². The quantitative estimate of drug-likeness (QED) is 0.894. The summed E-state index contributed by atoms with van der Waals surface area (Å²) in [5.41, 5.74) is 2.51. The third-order valence-electron chi connectivity index (χ3n) is 2.77. The Morgan fingerprint density at radius 1 is 1.53 bits per heavy atom. The van der Waals surface area contributed by atoms with Crippen LogP contribution in [0.5, 0.6) is 0 Å². The Kier molecular flexibility index (Phi) is 4.53. The summed E-state index contributed by atoms with van der Waals surface area (Å²) in [6, 6.07) is 5.47. The Hall–Kier alpha value is -1.86. The molecule has 0 aliphatic rings. The molecule has 2 heterocycles. The van der Waals surface area contributed by atoms with Gasteiger partial charge in [-0.1, -0.05) is 17.4 Å². The van der Waals surface area contributed by atoms with Crippen molar-refractivity contribution in [2.75, 3.05) is 12.4 Å².